The van der Waals surface area contributed by atoms with E-state index < -0.39 is 0 Å². The molecule has 0 spiro atoms. The molecule has 1 aromatic heterocycles. The molecule has 0 fully saturated rings. The van der Waals surface area contributed by atoms with Gasteiger partial charge in [-0.2, -0.15) is 5.26 Å². The van der Waals surface area contributed by atoms with Crippen molar-refractivity contribution in [3.8, 4) is 34.3 Å². The molecule has 6 nitrogen and oxygen atoms in total. The number of hydrogen-bond acceptors (Lipinski definition) is 5. The van der Waals surface area contributed by atoms with Crippen LogP contribution in [0, 0.1) is 11.3 Å². The first-order valence-corrected chi connectivity index (χ1v) is 8.91. The summed E-state index contributed by atoms with van der Waals surface area (Å²) in [6.07, 6.45) is 0. The van der Waals surface area contributed by atoms with Crippen molar-refractivity contribution in [3.63, 3.8) is 0 Å². The molecule has 138 valence electrons. The molecule has 1 aliphatic rings. The van der Waals surface area contributed by atoms with Gasteiger partial charge in [0, 0.05) is 17.7 Å². The normalized spacial score (nSPS) is 12.9. The fourth-order valence-electron chi connectivity index (χ4n) is 3.23. The first-order chi connectivity index (χ1) is 13.7. The number of nitrogens with two attached hydrogens (primary N) is 1. The number of pyridine rings is 1. The van der Waals surface area contributed by atoms with E-state index in [0.29, 0.717) is 18.1 Å². The summed E-state index contributed by atoms with van der Waals surface area (Å²) in [5.74, 6) is 0.0994. The largest absolute Gasteiger partial charge is 0.466 e. The molecule has 28 heavy (non-hydrogen) atoms. The monoisotopic (exact) mass is 370 g/mol. The van der Waals surface area contributed by atoms with E-state index in [1.807, 2.05) is 66.7 Å². The van der Waals surface area contributed by atoms with Gasteiger partial charge in [-0.1, -0.05) is 54.6 Å². The second kappa shape index (κ2) is 7.51. The highest BCUT2D eigenvalue weighted by Crippen LogP contribution is 2.40. The van der Waals surface area contributed by atoms with Crippen molar-refractivity contribution in [2.24, 2.45) is 5.73 Å². The maximum Gasteiger partial charge on any atom is 0.266 e. The summed E-state index contributed by atoms with van der Waals surface area (Å²) in [5, 5.41) is 9.11. The molecule has 3 aromatic rings. The lowest BCUT2D eigenvalue weighted by Gasteiger charge is -2.28. The third-order valence-corrected chi connectivity index (χ3v) is 4.67. The summed E-state index contributed by atoms with van der Waals surface area (Å²) in [6.45, 7) is 0.297. The van der Waals surface area contributed by atoms with Gasteiger partial charge in [-0.3, -0.25) is 9.69 Å². The van der Waals surface area contributed by atoms with Crippen molar-refractivity contribution in [1.29, 1.82) is 5.26 Å². The molecule has 2 heterocycles. The second-order valence-corrected chi connectivity index (χ2v) is 6.40. The van der Waals surface area contributed by atoms with Crippen LogP contribution in [0.25, 0.3) is 22.4 Å². The third-order valence-electron chi connectivity index (χ3n) is 4.67. The molecular formula is C22H18N4O2. The van der Waals surface area contributed by atoms with E-state index in [1.165, 1.54) is 4.90 Å². The van der Waals surface area contributed by atoms with Gasteiger partial charge >= 0.3 is 0 Å². The van der Waals surface area contributed by atoms with Crippen molar-refractivity contribution in [2.75, 3.05) is 18.1 Å². The average molecular weight is 370 g/mol. The molecule has 0 bridgehead atoms. The van der Waals surface area contributed by atoms with Crippen LogP contribution in [0.2, 0.25) is 0 Å². The van der Waals surface area contributed by atoms with Gasteiger partial charge in [-0.05, 0) is 17.2 Å². The summed E-state index contributed by atoms with van der Waals surface area (Å²) >= 11 is 0. The third kappa shape index (κ3) is 3.20. The average Bonchev–Trinajstić information content (AvgIpc) is 2.76. The molecule has 0 saturated heterocycles. The van der Waals surface area contributed by atoms with Gasteiger partial charge in [0.25, 0.3) is 5.91 Å². The zero-order valence-corrected chi connectivity index (χ0v) is 15.1. The number of rotatable bonds is 4. The number of amides is 1. The maximum absolute atomic E-state index is 12.2. The number of nitriles is 1. The zero-order chi connectivity index (χ0) is 19.5. The Bertz CT molecular complexity index is 1060. The molecule has 2 N–H and O–H groups in total. The van der Waals surface area contributed by atoms with Gasteiger partial charge in [0.05, 0.1) is 11.8 Å². The Labute approximate surface area is 162 Å². The first kappa shape index (κ1) is 17.7. The number of anilines is 1. The minimum atomic E-state index is -0.255. The lowest BCUT2D eigenvalue weighted by atomic mass is 9.97. The van der Waals surface area contributed by atoms with Gasteiger partial charge in [-0.15, -0.1) is 0 Å². The summed E-state index contributed by atoms with van der Waals surface area (Å²) < 4.78 is 5.58. The highest BCUT2D eigenvalue weighted by Gasteiger charge is 2.28. The van der Waals surface area contributed by atoms with E-state index in [4.69, 9.17) is 20.7 Å². The van der Waals surface area contributed by atoms with Crippen LogP contribution in [0.5, 0.6) is 5.88 Å². The number of benzene rings is 2. The van der Waals surface area contributed by atoms with Crippen LogP contribution in [0.1, 0.15) is 5.56 Å². The number of carbonyl (C=O) groups excluding carboxylic acids is 1. The molecule has 0 unspecified atom stereocenters. The predicted molar refractivity (Wildman–Crippen MR) is 106 cm³/mol. The lowest BCUT2D eigenvalue weighted by Crippen LogP contribution is -2.39. The van der Waals surface area contributed by atoms with Gasteiger partial charge in [-0.25, -0.2) is 4.98 Å². The topological polar surface area (TPSA) is 92.2 Å². The van der Waals surface area contributed by atoms with Crippen molar-refractivity contribution in [1.82, 2.24) is 4.98 Å². The van der Waals surface area contributed by atoms with Crippen LogP contribution in [0.3, 0.4) is 0 Å². The highest BCUT2D eigenvalue weighted by molar-refractivity contribution is 5.99. The predicted octanol–water partition coefficient (Wildman–Crippen LogP) is 3.12. The van der Waals surface area contributed by atoms with E-state index in [-0.39, 0.29) is 19.1 Å². The van der Waals surface area contributed by atoms with Gasteiger partial charge < -0.3 is 10.5 Å². The molecule has 0 atom stereocenters. The SMILES string of the molecule is N#CCN1C(=O)COc2nc(-c3ccc(CN)cc3)c(-c3ccccc3)cc21. The number of aromatic nitrogens is 1. The Hall–Kier alpha value is -3.69. The molecule has 4 rings (SSSR count). The van der Waals surface area contributed by atoms with E-state index in [2.05, 4.69) is 0 Å². The maximum atomic E-state index is 12.2. The van der Waals surface area contributed by atoms with Crippen LogP contribution in [0.15, 0.2) is 60.7 Å². The van der Waals surface area contributed by atoms with Gasteiger partial charge in [0.2, 0.25) is 5.88 Å². The minimum Gasteiger partial charge on any atom is -0.466 e. The van der Waals surface area contributed by atoms with Crippen LogP contribution >= 0.6 is 0 Å². The minimum absolute atomic E-state index is 0.0460. The first-order valence-electron chi connectivity index (χ1n) is 8.91. The summed E-state index contributed by atoms with van der Waals surface area (Å²) in [6, 6.07) is 21.6. The second-order valence-electron chi connectivity index (χ2n) is 6.40. The molecule has 1 aliphatic heterocycles. The Balaban J connectivity index is 1.92. The van der Waals surface area contributed by atoms with Crippen LogP contribution in [-0.2, 0) is 11.3 Å². The number of carbonyl (C=O) groups is 1. The van der Waals surface area contributed by atoms with Crippen molar-refractivity contribution < 1.29 is 9.53 Å². The summed E-state index contributed by atoms with van der Waals surface area (Å²) in [7, 11) is 0. The van der Waals surface area contributed by atoms with E-state index >= 15 is 0 Å². The standard InChI is InChI=1S/C22H18N4O2/c23-10-11-26-19-12-18(16-4-2-1-3-5-16)21(25-22(19)28-14-20(26)27)17-8-6-15(13-24)7-9-17/h1-9,12H,11,13-14,24H2. The van der Waals surface area contributed by atoms with Crippen molar-refractivity contribution in [2.45, 2.75) is 6.54 Å². The van der Waals surface area contributed by atoms with E-state index in [0.717, 1.165) is 27.9 Å². The van der Waals surface area contributed by atoms with Gasteiger partial charge in [0.15, 0.2) is 6.61 Å². The van der Waals surface area contributed by atoms with Crippen molar-refractivity contribution >= 4 is 11.6 Å². The molecule has 6 heteroatoms. The van der Waals surface area contributed by atoms with Crippen LogP contribution in [-0.4, -0.2) is 24.0 Å². The molecule has 0 aliphatic carbocycles. The highest BCUT2D eigenvalue weighted by atomic mass is 16.5. The number of nitrogens with zero attached hydrogens (tertiary/aromatic N) is 3. The summed E-state index contributed by atoms with van der Waals surface area (Å²) in [4.78, 5) is 18.4. The Morgan fingerprint density at radius 2 is 1.86 bits per heavy atom. The fraction of sp³-hybridized carbons (Fsp3) is 0.136. The number of fused-ring (bicyclic) bond motifs is 1. The molecule has 1 amide bonds. The Morgan fingerprint density at radius 1 is 1.11 bits per heavy atom. The number of ether oxygens (including phenoxy) is 1. The zero-order valence-electron chi connectivity index (χ0n) is 15.1. The summed E-state index contributed by atoms with van der Waals surface area (Å²) in [5.41, 5.74) is 10.8. The van der Waals surface area contributed by atoms with E-state index in [9.17, 15) is 4.79 Å². The molecule has 0 radical (unpaired) electrons. The quantitative estimate of drug-likeness (QED) is 0.713. The van der Waals surface area contributed by atoms with E-state index in [1.54, 1.807) is 0 Å². The molecule has 0 saturated carbocycles. The smallest absolute Gasteiger partial charge is 0.266 e. The molecular weight excluding hydrogens is 352 g/mol. The Kier molecular flexibility index (Phi) is 4.75. The fourth-order valence-corrected chi connectivity index (χ4v) is 3.23. The lowest BCUT2D eigenvalue weighted by molar-refractivity contribution is -0.121. The molecule has 2 aromatic carbocycles. The van der Waals surface area contributed by atoms with Crippen LogP contribution < -0.4 is 15.4 Å². The number of hydrogen-bond donors (Lipinski definition) is 1. The van der Waals surface area contributed by atoms with Crippen LogP contribution in [0.4, 0.5) is 5.69 Å². The Morgan fingerprint density at radius 3 is 2.54 bits per heavy atom. The van der Waals surface area contributed by atoms with Gasteiger partial charge in [0.1, 0.15) is 12.2 Å². The van der Waals surface area contributed by atoms with Crippen molar-refractivity contribution in [3.05, 3.63) is 66.2 Å².